The summed E-state index contributed by atoms with van der Waals surface area (Å²) in [6, 6.07) is 3.16. The van der Waals surface area contributed by atoms with Gasteiger partial charge in [-0.1, -0.05) is 11.6 Å². The molecule has 24 heavy (non-hydrogen) atoms. The van der Waals surface area contributed by atoms with Crippen molar-refractivity contribution >= 4 is 17.6 Å². The van der Waals surface area contributed by atoms with Gasteiger partial charge in [-0.05, 0) is 13.8 Å². The lowest BCUT2D eigenvalue weighted by Crippen LogP contribution is -2.26. The summed E-state index contributed by atoms with van der Waals surface area (Å²) in [7, 11) is 0. The van der Waals surface area contributed by atoms with E-state index in [1.165, 1.54) is 19.2 Å². The Labute approximate surface area is 142 Å². The summed E-state index contributed by atoms with van der Waals surface area (Å²) in [5, 5.41) is 9.29. The normalized spacial score (nSPS) is 11.7. The molecular formula is C15H14ClFN2O5. The molecule has 0 fully saturated rings. The van der Waals surface area contributed by atoms with Crippen LogP contribution in [0, 0.1) is 5.82 Å². The minimum absolute atomic E-state index is 0.0360. The first-order chi connectivity index (χ1) is 11.4. The maximum atomic E-state index is 13.2. The number of esters is 1. The van der Waals surface area contributed by atoms with Crippen molar-refractivity contribution < 1.29 is 28.5 Å². The van der Waals surface area contributed by atoms with Gasteiger partial charge >= 0.3 is 12.0 Å². The van der Waals surface area contributed by atoms with E-state index >= 15 is 0 Å². The summed E-state index contributed by atoms with van der Waals surface area (Å²) < 4.78 is 28.6. The number of rotatable bonds is 6. The Hall–Kier alpha value is -2.61. The van der Waals surface area contributed by atoms with Crippen LogP contribution in [-0.4, -0.2) is 33.8 Å². The molecule has 2 rings (SSSR count). The van der Waals surface area contributed by atoms with Crippen LogP contribution in [0.15, 0.2) is 24.4 Å². The molecule has 1 heterocycles. The van der Waals surface area contributed by atoms with E-state index in [2.05, 4.69) is 9.97 Å². The first-order valence-corrected chi connectivity index (χ1v) is 7.30. The van der Waals surface area contributed by atoms with Gasteiger partial charge in [0.1, 0.15) is 0 Å². The highest BCUT2D eigenvalue weighted by atomic mass is 35.5. The van der Waals surface area contributed by atoms with Crippen LogP contribution in [0.5, 0.6) is 23.4 Å². The van der Waals surface area contributed by atoms with Crippen LogP contribution < -0.4 is 9.47 Å². The van der Waals surface area contributed by atoms with Gasteiger partial charge in [-0.2, -0.15) is 4.98 Å². The molecule has 1 N–H and O–H groups in total. The van der Waals surface area contributed by atoms with Crippen LogP contribution in [-0.2, 0) is 9.53 Å². The second kappa shape index (κ2) is 7.78. The third-order valence-corrected chi connectivity index (χ3v) is 3.02. The average molecular weight is 357 g/mol. The Morgan fingerprint density at radius 1 is 1.46 bits per heavy atom. The van der Waals surface area contributed by atoms with Crippen LogP contribution in [0.1, 0.15) is 13.8 Å². The number of ether oxygens (including phenoxy) is 3. The van der Waals surface area contributed by atoms with E-state index in [0.717, 1.165) is 12.1 Å². The monoisotopic (exact) mass is 356 g/mol. The molecule has 0 radical (unpaired) electrons. The molecule has 0 spiro atoms. The molecule has 1 atom stereocenters. The number of carbonyl (C=O) groups excluding carboxylic acids is 1. The SMILES string of the molecule is CCOC(=O)C(C)Oc1ccnc(Oc2cc(O)c(F)cc2Cl)n1. The average Bonchev–Trinajstić information content (AvgIpc) is 2.53. The van der Waals surface area contributed by atoms with E-state index in [0.29, 0.717) is 0 Å². The lowest BCUT2D eigenvalue weighted by molar-refractivity contribution is -0.150. The predicted octanol–water partition coefficient (Wildman–Crippen LogP) is 3.10. The Kier molecular flexibility index (Phi) is 5.75. The van der Waals surface area contributed by atoms with Crippen molar-refractivity contribution in [2.45, 2.75) is 20.0 Å². The molecule has 1 aromatic heterocycles. The summed E-state index contributed by atoms with van der Waals surface area (Å²) in [6.07, 6.45) is 0.471. The zero-order chi connectivity index (χ0) is 17.7. The number of benzene rings is 1. The van der Waals surface area contributed by atoms with Crippen molar-refractivity contribution in [2.75, 3.05) is 6.61 Å². The fraction of sp³-hybridized carbons (Fsp3) is 0.267. The van der Waals surface area contributed by atoms with Gasteiger partial charge in [-0.15, -0.1) is 0 Å². The summed E-state index contributed by atoms with van der Waals surface area (Å²) in [4.78, 5) is 19.3. The van der Waals surface area contributed by atoms with E-state index in [9.17, 15) is 14.3 Å². The molecule has 0 aliphatic carbocycles. The maximum absolute atomic E-state index is 13.2. The zero-order valence-corrected chi connectivity index (χ0v) is 13.6. The summed E-state index contributed by atoms with van der Waals surface area (Å²) in [5.41, 5.74) is 0. The van der Waals surface area contributed by atoms with Crippen molar-refractivity contribution in [3.8, 4) is 23.4 Å². The lowest BCUT2D eigenvalue weighted by atomic mass is 10.3. The molecule has 1 aromatic carbocycles. The Bertz CT molecular complexity index is 744. The number of phenols is 1. The van der Waals surface area contributed by atoms with Gasteiger partial charge in [-0.25, -0.2) is 14.2 Å². The van der Waals surface area contributed by atoms with Crippen LogP contribution >= 0.6 is 11.6 Å². The molecule has 7 nitrogen and oxygen atoms in total. The Morgan fingerprint density at radius 3 is 2.92 bits per heavy atom. The number of aromatic hydroxyl groups is 1. The predicted molar refractivity (Wildman–Crippen MR) is 81.9 cm³/mol. The van der Waals surface area contributed by atoms with E-state index in [4.69, 9.17) is 25.8 Å². The van der Waals surface area contributed by atoms with E-state index in [-0.39, 0.29) is 29.3 Å². The smallest absolute Gasteiger partial charge is 0.347 e. The van der Waals surface area contributed by atoms with Gasteiger partial charge in [0.15, 0.2) is 23.4 Å². The number of hydrogen-bond donors (Lipinski definition) is 1. The summed E-state index contributed by atoms with van der Waals surface area (Å²) >= 11 is 5.83. The van der Waals surface area contributed by atoms with E-state index < -0.39 is 23.6 Å². The van der Waals surface area contributed by atoms with Crippen molar-refractivity contribution in [2.24, 2.45) is 0 Å². The fourth-order valence-electron chi connectivity index (χ4n) is 1.62. The van der Waals surface area contributed by atoms with Crippen molar-refractivity contribution in [1.82, 2.24) is 9.97 Å². The minimum atomic E-state index is -0.881. The van der Waals surface area contributed by atoms with Gasteiger partial charge in [0.2, 0.25) is 5.88 Å². The van der Waals surface area contributed by atoms with Crippen molar-refractivity contribution in [3.05, 3.63) is 35.2 Å². The molecule has 9 heteroatoms. The topological polar surface area (TPSA) is 90.8 Å². The van der Waals surface area contributed by atoms with Gasteiger partial charge in [0.05, 0.1) is 11.6 Å². The highest BCUT2D eigenvalue weighted by molar-refractivity contribution is 6.32. The molecule has 0 aliphatic heterocycles. The molecule has 0 aliphatic rings. The standard InChI is InChI=1S/C15H14ClFN2O5/c1-3-22-14(21)8(2)23-13-4-5-18-15(19-13)24-12-7-11(20)10(17)6-9(12)16/h4-8,20H,3H2,1-2H3. The van der Waals surface area contributed by atoms with Gasteiger partial charge < -0.3 is 19.3 Å². The summed E-state index contributed by atoms with van der Waals surface area (Å²) in [6.45, 7) is 3.43. The third-order valence-electron chi connectivity index (χ3n) is 2.73. The van der Waals surface area contributed by atoms with Crippen LogP contribution in [0.4, 0.5) is 4.39 Å². The lowest BCUT2D eigenvalue weighted by Gasteiger charge is -2.13. The quantitative estimate of drug-likeness (QED) is 0.795. The number of hydrogen-bond acceptors (Lipinski definition) is 7. The molecule has 2 aromatic rings. The Balaban J connectivity index is 2.13. The number of carbonyl (C=O) groups is 1. The maximum Gasteiger partial charge on any atom is 0.347 e. The number of nitrogens with zero attached hydrogens (tertiary/aromatic N) is 2. The number of aromatic nitrogens is 2. The van der Waals surface area contributed by atoms with Crippen LogP contribution in [0.2, 0.25) is 5.02 Å². The first kappa shape index (κ1) is 17.7. The Morgan fingerprint density at radius 2 is 2.21 bits per heavy atom. The molecule has 0 saturated heterocycles. The van der Waals surface area contributed by atoms with Gasteiger partial charge in [0, 0.05) is 24.4 Å². The fourth-order valence-corrected chi connectivity index (χ4v) is 1.81. The molecule has 1 unspecified atom stereocenters. The largest absolute Gasteiger partial charge is 0.505 e. The zero-order valence-electron chi connectivity index (χ0n) is 12.8. The number of halogens is 2. The molecule has 0 bridgehead atoms. The first-order valence-electron chi connectivity index (χ1n) is 6.93. The highest BCUT2D eigenvalue weighted by Crippen LogP contribution is 2.33. The molecule has 0 saturated carbocycles. The van der Waals surface area contributed by atoms with E-state index in [1.807, 2.05) is 0 Å². The third kappa shape index (κ3) is 4.45. The molecule has 0 amide bonds. The van der Waals surface area contributed by atoms with Gasteiger partial charge in [-0.3, -0.25) is 0 Å². The van der Waals surface area contributed by atoms with Crippen LogP contribution in [0.3, 0.4) is 0 Å². The number of phenolic OH excluding ortho intramolecular Hbond substituents is 1. The summed E-state index contributed by atoms with van der Waals surface area (Å²) in [5.74, 6) is -2.01. The van der Waals surface area contributed by atoms with Gasteiger partial charge in [0.25, 0.3) is 0 Å². The van der Waals surface area contributed by atoms with Crippen LogP contribution in [0.25, 0.3) is 0 Å². The molecule has 128 valence electrons. The second-order valence-electron chi connectivity index (χ2n) is 4.53. The second-order valence-corrected chi connectivity index (χ2v) is 4.93. The molecular weight excluding hydrogens is 343 g/mol. The highest BCUT2D eigenvalue weighted by Gasteiger charge is 2.17. The minimum Gasteiger partial charge on any atom is -0.505 e. The van der Waals surface area contributed by atoms with Crippen molar-refractivity contribution in [3.63, 3.8) is 0 Å². The van der Waals surface area contributed by atoms with Crippen molar-refractivity contribution in [1.29, 1.82) is 0 Å². The van der Waals surface area contributed by atoms with E-state index in [1.54, 1.807) is 6.92 Å².